The minimum Gasteiger partial charge on any atom is -0.313 e. The number of hydrogen-bond donors (Lipinski definition) is 1. The summed E-state index contributed by atoms with van der Waals surface area (Å²) >= 11 is 0. The van der Waals surface area contributed by atoms with Gasteiger partial charge in [0, 0.05) is 36.3 Å². The molecule has 0 fully saturated rings. The Hall–Kier alpha value is -2.54. The Morgan fingerprint density at radius 2 is 2.09 bits per heavy atom. The Bertz CT molecular complexity index is 740. The smallest absolute Gasteiger partial charge is 0.271 e. The quantitative estimate of drug-likeness (QED) is 0.650. The van der Waals surface area contributed by atoms with Crippen molar-refractivity contribution in [1.82, 2.24) is 15.1 Å². The van der Waals surface area contributed by atoms with Crippen LogP contribution in [0.5, 0.6) is 0 Å². The summed E-state index contributed by atoms with van der Waals surface area (Å²) in [6.07, 6.45) is 0. The normalized spacial score (nSPS) is 10.6. The number of rotatable bonds is 6. The number of aryl methyl sites for hydroxylation is 1. The number of nitrogens with zero attached hydrogens (tertiary/aromatic N) is 3. The summed E-state index contributed by atoms with van der Waals surface area (Å²) in [5.41, 5.74) is 1.63. The van der Waals surface area contributed by atoms with Crippen LogP contribution in [0, 0.1) is 10.1 Å². The second-order valence-corrected chi connectivity index (χ2v) is 4.76. The number of nitro groups is 1. The van der Waals surface area contributed by atoms with Gasteiger partial charge in [-0.1, -0.05) is 19.1 Å². The molecule has 2 aromatic rings. The molecule has 22 heavy (non-hydrogen) atoms. The van der Waals surface area contributed by atoms with Crippen LogP contribution in [0.25, 0.3) is 11.3 Å². The highest BCUT2D eigenvalue weighted by atomic mass is 16.6. The summed E-state index contributed by atoms with van der Waals surface area (Å²) in [6, 6.07) is 7.94. The monoisotopic (exact) mass is 302 g/mol. The maximum Gasteiger partial charge on any atom is 0.271 e. The second-order valence-electron chi connectivity index (χ2n) is 4.76. The number of aromatic nitrogens is 2. The van der Waals surface area contributed by atoms with Crippen molar-refractivity contribution in [3.05, 3.63) is 56.4 Å². The molecule has 0 saturated carbocycles. The summed E-state index contributed by atoms with van der Waals surface area (Å²) in [6.45, 7) is 5.43. The van der Waals surface area contributed by atoms with Crippen molar-refractivity contribution in [3.8, 4) is 11.3 Å². The Labute approximate surface area is 127 Å². The van der Waals surface area contributed by atoms with E-state index in [4.69, 9.17) is 0 Å². The Morgan fingerprint density at radius 1 is 1.32 bits per heavy atom. The average Bonchev–Trinajstić information content (AvgIpc) is 2.54. The zero-order chi connectivity index (χ0) is 16.1. The minimum atomic E-state index is -0.446. The predicted octanol–water partition coefficient (Wildman–Crippen LogP) is 1.95. The van der Waals surface area contributed by atoms with Crippen LogP contribution in [0.1, 0.15) is 19.4 Å². The molecule has 0 aliphatic carbocycles. The van der Waals surface area contributed by atoms with Crippen molar-refractivity contribution in [2.45, 2.75) is 26.9 Å². The van der Waals surface area contributed by atoms with Crippen LogP contribution in [-0.2, 0) is 13.1 Å². The molecular formula is C15H18N4O3. The lowest BCUT2D eigenvalue weighted by Crippen LogP contribution is -2.29. The van der Waals surface area contributed by atoms with Crippen molar-refractivity contribution >= 4 is 5.69 Å². The first-order chi connectivity index (χ1) is 10.6. The lowest BCUT2D eigenvalue weighted by atomic mass is 10.1. The van der Waals surface area contributed by atoms with Gasteiger partial charge < -0.3 is 5.32 Å². The molecule has 7 nitrogen and oxygen atoms in total. The van der Waals surface area contributed by atoms with Gasteiger partial charge in [-0.05, 0) is 19.5 Å². The summed E-state index contributed by atoms with van der Waals surface area (Å²) < 4.78 is 1.38. The fourth-order valence-electron chi connectivity index (χ4n) is 2.12. The molecule has 0 saturated heterocycles. The summed E-state index contributed by atoms with van der Waals surface area (Å²) in [4.78, 5) is 22.7. The van der Waals surface area contributed by atoms with Gasteiger partial charge in [0.05, 0.1) is 10.6 Å². The lowest BCUT2D eigenvalue weighted by molar-refractivity contribution is -0.384. The molecule has 0 atom stereocenters. The zero-order valence-corrected chi connectivity index (χ0v) is 12.6. The van der Waals surface area contributed by atoms with Gasteiger partial charge in [-0.25, -0.2) is 4.68 Å². The molecule has 1 heterocycles. The maximum absolute atomic E-state index is 12.2. The molecule has 0 radical (unpaired) electrons. The predicted molar refractivity (Wildman–Crippen MR) is 83.6 cm³/mol. The fourth-order valence-corrected chi connectivity index (χ4v) is 2.12. The molecule has 116 valence electrons. The van der Waals surface area contributed by atoms with Gasteiger partial charge in [0.15, 0.2) is 0 Å². The minimum absolute atomic E-state index is 0.00165. The van der Waals surface area contributed by atoms with E-state index in [1.54, 1.807) is 18.2 Å². The number of non-ortho nitro benzene ring substituents is 1. The Kier molecular flexibility index (Phi) is 5.00. The standard InChI is InChI=1S/C15H18N4O3/c1-3-16-10-12-9-14(17-18(4-2)15(12)20)11-6-5-7-13(8-11)19(21)22/h5-9,16H,3-4,10H2,1-2H3. The highest BCUT2D eigenvalue weighted by Crippen LogP contribution is 2.22. The van der Waals surface area contributed by atoms with Crippen molar-refractivity contribution in [3.63, 3.8) is 0 Å². The van der Waals surface area contributed by atoms with Gasteiger partial charge in [-0.3, -0.25) is 14.9 Å². The number of hydrogen-bond acceptors (Lipinski definition) is 5. The number of nitro benzene ring substituents is 1. The molecule has 0 unspecified atom stereocenters. The van der Waals surface area contributed by atoms with Gasteiger partial charge in [0.25, 0.3) is 11.2 Å². The first-order valence-corrected chi connectivity index (χ1v) is 7.13. The zero-order valence-electron chi connectivity index (χ0n) is 12.6. The largest absolute Gasteiger partial charge is 0.313 e. The first-order valence-electron chi connectivity index (χ1n) is 7.13. The van der Waals surface area contributed by atoms with Crippen LogP contribution in [-0.4, -0.2) is 21.2 Å². The lowest BCUT2D eigenvalue weighted by Gasteiger charge is -2.09. The first kappa shape index (κ1) is 15.8. The van der Waals surface area contributed by atoms with E-state index in [2.05, 4.69) is 10.4 Å². The maximum atomic E-state index is 12.2. The van der Waals surface area contributed by atoms with E-state index in [-0.39, 0.29) is 11.2 Å². The molecular weight excluding hydrogens is 284 g/mol. The Morgan fingerprint density at radius 3 is 2.73 bits per heavy atom. The van der Waals surface area contributed by atoms with Gasteiger partial charge in [0.1, 0.15) is 0 Å². The van der Waals surface area contributed by atoms with Crippen molar-refractivity contribution in [2.75, 3.05) is 6.54 Å². The molecule has 1 aromatic carbocycles. The van der Waals surface area contributed by atoms with E-state index >= 15 is 0 Å². The molecule has 1 N–H and O–H groups in total. The number of benzene rings is 1. The van der Waals surface area contributed by atoms with E-state index in [1.807, 2.05) is 13.8 Å². The third-order valence-corrected chi connectivity index (χ3v) is 3.27. The van der Waals surface area contributed by atoms with Crippen molar-refractivity contribution in [1.29, 1.82) is 0 Å². The van der Waals surface area contributed by atoms with Crippen molar-refractivity contribution < 1.29 is 4.92 Å². The highest BCUT2D eigenvalue weighted by Gasteiger charge is 2.12. The molecule has 0 amide bonds. The third-order valence-electron chi connectivity index (χ3n) is 3.27. The molecule has 0 spiro atoms. The van der Waals surface area contributed by atoms with E-state index in [0.29, 0.717) is 29.9 Å². The van der Waals surface area contributed by atoms with E-state index in [0.717, 1.165) is 6.54 Å². The fraction of sp³-hybridized carbons (Fsp3) is 0.333. The topological polar surface area (TPSA) is 90.1 Å². The molecule has 7 heteroatoms. The van der Waals surface area contributed by atoms with Crippen LogP contribution >= 0.6 is 0 Å². The summed E-state index contributed by atoms with van der Waals surface area (Å²) in [5, 5.41) is 18.3. The SMILES string of the molecule is CCNCc1cc(-c2cccc([N+](=O)[O-])c2)nn(CC)c1=O. The van der Waals surface area contributed by atoms with Gasteiger partial charge in [0.2, 0.25) is 0 Å². The van der Waals surface area contributed by atoms with Crippen LogP contribution in [0.4, 0.5) is 5.69 Å². The summed E-state index contributed by atoms with van der Waals surface area (Å²) in [5.74, 6) is 0. The highest BCUT2D eigenvalue weighted by molar-refractivity contribution is 5.62. The van der Waals surface area contributed by atoms with Gasteiger partial charge >= 0.3 is 0 Å². The molecule has 1 aromatic heterocycles. The van der Waals surface area contributed by atoms with E-state index in [1.165, 1.54) is 16.8 Å². The third kappa shape index (κ3) is 3.37. The van der Waals surface area contributed by atoms with E-state index < -0.39 is 4.92 Å². The van der Waals surface area contributed by atoms with E-state index in [9.17, 15) is 14.9 Å². The number of nitrogens with one attached hydrogen (secondary N) is 1. The van der Waals surface area contributed by atoms with Crippen LogP contribution in [0.3, 0.4) is 0 Å². The van der Waals surface area contributed by atoms with Crippen molar-refractivity contribution in [2.24, 2.45) is 0 Å². The van der Waals surface area contributed by atoms with Gasteiger partial charge in [-0.15, -0.1) is 0 Å². The average molecular weight is 302 g/mol. The van der Waals surface area contributed by atoms with Crippen LogP contribution in [0.2, 0.25) is 0 Å². The summed E-state index contributed by atoms with van der Waals surface area (Å²) in [7, 11) is 0. The molecule has 0 bridgehead atoms. The molecule has 0 aliphatic heterocycles. The Balaban J connectivity index is 2.52. The van der Waals surface area contributed by atoms with Crippen LogP contribution in [0.15, 0.2) is 35.1 Å². The molecule has 2 rings (SSSR count). The van der Waals surface area contributed by atoms with Crippen LogP contribution < -0.4 is 10.9 Å². The molecule has 0 aliphatic rings. The second kappa shape index (κ2) is 6.95. The van der Waals surface area contributed by atoms with Gasteiger partial charge in [-0.2, -0.15) is 5.10 Å².